The van der Waals surface area contributed by atoms with Gasteiger partial charge in [0.05, 0.1) is 11.0 Å². The molecule has 134 valence electrons. The number of pyridine rings is 1. The highest BCUT2D eigenvalue weighted by atomic mass is 35.5. The summed E-state index contributed by atoms with van der Waals surface area (Å²) in [6, 6.07) is 13.1. The van der Waals surface area contributed by atoms with Crippen LogP contribution in [0, 0.1) is 6.92 Å². The molecule has 4 aromatic rings. The number of benzene rings is 1. The number of carbonyl (C=O) groups excluding carboxylic acids is 1. The summed E-state index contributed by atoms with van der Waals surface area (Å²) in [5.74, 6) is 1.09. The van der Waals surface area contributed by atoms with E-state index in [1.165, 1.54) is 0 Å². The number of hydrogen-bond acceptors (Lipinski definition) is 4. The predicted molar refractivity (Wildman–Crippen MR) is 103 cm³/mol. The Morgan fingerprint density at radius 3 is 2.70 bits per heavy atom. The highest BCUT2D eigenvalue weighted by Gasteiger charge is 2.33. The van der Waals surface area contributed by atoms with E-state index in [0.717, 1.165) is 22.2 Å². The molecule has 1 aliphatic rings. The van der Waals surface area contributed by atoms with Crippen LogP contribution < -0.4 is 4.90 Å². The van der Waals surface area contributed by atoms with Gasteiger partial charge in [0.25, 0.3) is 5.91 Å². The van der Waals surface area contributed by atoms with Crippen LogP contribution in [-0.4, -0.2) is 27.2 Å². The standard InChI is InChI=1S/C20H15ClN4O2/c1-12-11-16(23-27-12)25-10-9-24-15-3-2-8-22-18(15)17(19(24)20(25)26)13-4-6-14(21)7-5-13/h2-8,11H,9-10H2,1H3. The summed E-state index contributed by atoms with van der Waals surface area (Å²) in [7, 11) is 0. The molecule has 4 heterocycles. The van der Waals surface area contributed by atoms with Crippen molar-refractivity contribution >= 4 is 34.4 Å². The molecule has 0 saturated carbocycles. The average molecular weight is 379 g/mol. The Morgan fingerprint density at radius 1 is 1.15 bits per heavy atom. The van der Waals surface area contributed by atoms with Crippen molar-refractivity contribution in [3.63, 3.8) is 0 Å². The summed E-state index contributed by atoms with van der Waals surface area (Å²) in [4.78, 5) is 19.6. The third-order valence-electron chi connectivity index (χ3n) is 4.84. The maximum atomic E-state index is 13.4. The summed E-state index contributed by atoms with van der Waals surface area (Å²) in [5, 5.41) is 4.67. The van der Waals surface area contributed by atoms with Gasteiger partial charge >= 0.3 is 0 Å². The van der Waals surface area contributed by atoms with Crippen molar-refractivity contribution in [2.45, 2.75) is 13.5 Å². The van der Waals surface area contributed by atoms with Crippen LogP contribution in [0.3, 0.4) is 0 Å². The van der Waals surface area contributed by atoms with Crippen LogP contribution in [0.5, 0.6) is 0 Å². The second-order valence-electron chi connectivity index (χ2n) is 6.51. The Labute approximate surface area is 160 Å². The summed E-state index contributed by atoms with van der Waals surface area (Å²) in [6.07, 6.45) is 1.75. The van der Waals surface area contributed by atoms with Crippen LogP contribution in [0.4, 0.5) is 5.82 Å². The zero-order valence-corrected chi connectivity index (χ0v) is 15.3. The average Bonchev–Trinajstić information content (AvgIpc) is 3.25. The molecule has 0 spiro atoms. The van der Waals surface area contributed by atoms with Crippen molar-refractivity contribution in [1.29, 1.82) is 0 Å². The normalized spacial score (nSPS) is 14.0. The Morgan fingerprint density at radius 2 is 1.96 bits per heavy atom. The zero-order valence-electron chi connectivity index (χ0n) is 14.5. The molecule has 5 rings (SSSR count). The van der Waals surface area contributed by atoms with Crippen molar-refractivity contribution in [2.75, 3.05) is 11.4 Å². The number of nitrogens with zero attached hydrogens (tertiary/aromatic N) is 4. The molecule has 7 heteroatoms. The molecule has 0 atom stereocenters. The Hall–Kier alpha value is -3.12. The van der Waals surface area contributed by atoms with E-state index >= 15 is 0 Å². The van der Waals surface area contributed by atoms with E-state index in [2.05, 4.69) is 10.1 Å². The lowest BCUT2D eigenvalue weighted by atomic mass is 10.0. The van der Waals surface area contributed by atoms with Crippen LogP contribution in [0.2, 0.25) is 5.02 Å². The predicted octanol–water partition coefficient (Wildman–Crippen LogP) is 4.31. The van der Waals surface area contributed by atoms with Crippen LogP contribution in [0.15, 0.2) is 53.2 Å². The molecule has 1 amide bonds. The highest BCUT2D eigenvalue weighted by Crippen LogP contribution is 2.37. The van der Waals surface area contributed by atoms with E-state index in [0.29, 0.717) is 35.4 Å². The molecular weight excluding hydrogens is 364 g/mol. The van der Waals surface area contributed by atoms with Crippen LogP contribution in [0.25, 0.3) is 22.2 Å². The first-order valence-electron chi connectivity index (χ1n) is 8.62. The van der Waals surface area contributed by atoms with Crippen LogP contribution in [0.1, 0.15) is 16.2 Å². The molecule has 6 nitrogen and oxygen atoms in total. The van der Waals surface area contributed by atoms with E-state index in [1.807, 2.05) is 47.9 Å². The molecule has 0 unspecified atom stereocenters. The zero-order chi connectivity index (χ0) is 18.5. The maximum absolute atomic E-state index is 13.4. The van der Waals surface area contributed by atoms with Gasteiger partial charge in [-0.2, -0.15) is 0 Å². The van der Waals surface area contributed by atoms with E-state index in [4.69, 9.17) is 16.1 Å². The number of halogens is 1. The van der Waals surface area contributed by atoms with Crippen molar-refractivity contribution in [1.82, 2.24) is 14.7 Å². The lowest BCUT2D eigenvalue weighted by Crippen LogP contribution is -2.40. The fourth-order valence-electron chi connectivity index (χ4n) is 3.65. The number of carbonyl (C=O) groups is 1. The molecule has 1 aliphatic heterocycles. The number of aryl methyl sites for hydroxylation is 1. The molecule has 0 saturated heterocycles. The van der Waals surface area contributed by atoms with E-state index < -0.39 is 0 Å². The van der Waals surface area contributed by atoms with Crippen molar-refractivity contribution in [3.05, 3.63) is 65.1 Å². The summed E-state index contributed by atoms with van der Waals surface area (Å²) in [5.41, 5.74) is 4.08. The number of hydrogen-bond donors (Lipinski definition) is 0. The summed E-state index contributed by atoms with van der Waals surface area (Å²) in [6.45, 7) is 2.99. The monoisotopic (exact) mass is 378 g/mol. The second-order valence-corrected chi connectivity index (χ2v) is 6.94. The van der Waals surface area contributed by atoms with Gasteiger partial charge in [0.2, 0.25) is 0 Å². The lowest BCUT2D eigenvalue weighted by molar-refractivity contribution is 0.0965. The van der Waals surface area contributed by atoms with Gasteiger partial charge in [-0.1, -0.05) is 28.9 Å². The number of amides is 1. The molecule has 0 bridgehead atoms. The number of aromatic nitrogens is 3. The van der Waals surface area contributed by atoms with Gasteiger partial charge in [-0.05, 0) is 36.8 Å². The Kier molecular flexibility index (Phi) is 3.55. The van der Waals surface area contributed by atoms with Gasteiger partial charge in [-0.3, -0.25) is 14.7 Å². The van der Waals surface area contributed by atoms with Gasteiger partial charge in [-0.15, -0.1) is 0 Å². The molecular formula is C20H15ClN4O2. The minimum Gasteiger partial charge on any atom is -0.360 e. The number of fused-ring (bicyclic) bond motifs is 3. The van der Waals surface area contributed by atoms with Crippen LogP contribution >= 0.6 is 11.6 Å². The minimum atomic E-state index is -0.113. The number of anilines is 1. The van der Waals surface area contributed by atoms with Gasteiger partial charge < -0.3 is 9.09 Å². The molecule has 0 radical (unpaired) electrons. The Bertz CT molecular complexity index is 1180. The Balaban J connectivity index is 1.75. The molecule has 0 fully saturated rings. The van der Waals surface area contributed by atoms with Crippen LogP contribution in [-0.2, 0) is 6.54 Å². The smallest absolute Gasteiger partial charge is 0.276 e. The second kappa shape index (κ2) is 5.96. The number of rotatable bonds is 2. The van der Waals surface area contributed by atoms with Gasteiger partial charge in [0.1, 0.15) is 11.5 Å². The first-order chi connectivity index (χ1) is 13.1. The van der Waals surface area contributed by atoms with Gasteiger partial charge in [-0.25, -0.2) is 0 Å². The molecule has 1 aromatic carbocycles. The minimum absolute atomic E-state index is 0.113. The third-order valence-corrected chi connectivity index (χ3v) is 5.09. The highest BCUT2D eigenvalue weighted by molar-refractivity contribution is 6.30. The largest absolute Gasteiger partial charge is 0.360 e. The molecule has 27 heavy (non-hydrogen) atoms. The summed E-state index contributed by atoms with van der Waals surface area (Å²) >= 11 is 6.05. The van der Waals surface area contributed by atoms with Crippen molar-refractivity contribution < 1.29 is 9.32 Å². The van der Waals surface area contributed by atoms with Gasteiger partial charge in [0, 0.05) is 35.9 Å². The molecule has 3 aromatic heterocycles. The first kappa shape index (κ1) is 16.1. The maximum Gasteiger partial charge on any atom is 0.276 e. The van der Waals surface area contributed by atoms with Crippen molar-refractivity contribution in [3.8, 4) is 11.1 Å². The molecule has 0 aliphatic carbocycles. The SMILES string of the molecule is Cc1cc(N2CCn3c(c(-c4ccc(Cl)cc4)c4ncccc43)C2=O)no1. The lowest BCUT2D eigenvalue weighted by Gasteiger charge is -2.27. The first-order valence-corrected chi connectivity index (χ1v) is 8.99. The van der Waals surface area contributed by atoms with Crippen molar-refractivity contribution in [2.24, 2.45) is 0 Å². The van der Waals surface area contributed by atoms with Gasteiger partial charge in [0.15, 0.2) is 5.82 Å². The van der Waals surface area contributed by atoms with E-state index in [1.54, 1.807) is 17.2 Å². The van der Waals surface area contributed by atoms with E-state index in [9.17, 15) is 4.79 Å². The summed E-state index contributed by atoms with van der Waals surface area (Å²) < 4.78 is 7.20. The fraction of sp³-hybridized carbons (Fsp3) is 0.150. The quantitative estimate of drug-likeness (QED) is 0.521. The fourth-order valence-corrected chi connectivity index (χ4v) is 3.77. The topological polar surface area (TPSA) is 64.2 Å². The third kappa shape index (κ3) is 2.44. The molecule has 0 N–H and O–H groups in total. The van der Waals surface area contributed by atoms with E-state index in [-0.39, 0.29) is 5.91 Å².